The van der Waals surface area contributed by atoms with Gasteiger partial charge in [-0.25, -0.2) is 0 Å². The number of carbonyl (C=O) groups excluding carboxylic acids is 1. The van der Waals surface area contributed by atoms with Gasteiger partial charge in [-0.05, 0) is 77.1 Å². The molecule has 130 valence electrons. The maximum absolute atomic E-state index is 12.7. The third kappa shape index (κ3) is 4.63. The summed E-state index contributed by atoms with van der Waals surface area (Å²) in [6.45, 7) is 12.1. The number of thioether (sulfide) groups is 1. The van der Waals surface area contributed by atoms with Gasteiger partial charge in [0, 0.05) is 12.1 Å². The van der Waals surface area contributed by atoms with Crippen LogP contribution in [0.1, 0.15) is 47.1 Å². The van der Waals surface area contributed by atoms with Crippen LogP contribution in [0, 0.1) is 0 Å². The molecule has 5 heteroatoms. The number of hydrogen-bond acceptors (Lipinski definition) is 4. The van der Waals surface area contributed by atoms with Crippen LogP contribution in [0.25, 0.3) is 6.08 Å². The first-order valence-electron chi connectivity index (χ1n) is 8.35. The Labute approximate surface area is 149 Å². The van der Waals surface area contributed by atoms with E-state index in [4.69, 9.17) is 4.74 Å². The highest BCUT2D eigenvalue weighted by Crippen LogP contribution is 2.34. The SMILES string of the molecule is CC(C)N=C1S/C(=C/c2ccc(OC(C)C)cc2)C(=O)N1C(C)C. The lowest BCUT2D eigenvalue weighted by Gasteiger charge is -2.20. The first-order valence-corrected chi connectivity index (χ1v) is 9.17. The molecule has 0 saturated carbocycles. The zero-order valence-corrected chi connectivity index (χ0v) is 16.1. The van der Waals surface area contributed by atoms with Crippen LogP contribution in [0.5, 0.6) is 5.75 Å². The Bertz CT molecular complexity index is 646. The number of nitrogens with zero attached hydrogens (tertiary/aromatic N) is 2. The van der Waals surface area contributed by atoms with Crippen LogP contribution < -0.4 is 4.74 Å². The van der Waals surface area contributed by atoms with Crippen molar-refractivity contribution in [2.75, 3.05) is 0 Å². The molecule has 1 aromatic carbocycles. The summed E-state index contributed by atoms with van der Waals surface area (Å²) in [5, 5.41) is 0.788. The average molecular weight is 346 g/mol. The summed E-state index contributed by atoms with van der Waals surface area (Å²) < 4.78 is 5.65. The highest BCUT2D eigenvalue weighted by molar-refractivity contribution is 8.18. The van der Waals surface area contributed by atoms with Gasteiger partial charge in [0.1, 0.15) is 5.75 Å². The fourth-order valence-corrected chi connectivity index (χ4v) is 3.55. The molecule has 0 N–H and O–H groups in total. The van der Waals surface area contributed by atoms with Crippen molar-refractivity contribution in [1.29, 1.82) is 0 Å². The van der Waals surface area contributed by atoms with E-state index in [1.54, 1.807) is 4.90 Å². The summed E-state index contributed by atoms with van der Waals surface area (Å²) in [5.74, 6) is 0.861. The number of benzene rings is 1. The maximum atomic E-state index is 12.7. The number of hydrogen-bond donors (Lipinski definition) is 0. The Morgan fingerprint density at radius 2 is 1.71 bits per heavy atom. The molecule has 1 aliphatic rings. The van der Waals surface area contributed by atoms with Crippen LogP contribution in [0.4, 0.5) is 0 Å². The molecule has 0 aromatic heterocycles. The van der Waals surface area contributed by atoms with Gasteiger partial charge in [0.2, 0.25) is 0 Å². The minimum Gasteiger partial charge on any atom is -0.491 e. The number of ether oxygens (including phenoxy) is 1. The molecule has 1 fully saturated rings. The van der Waals surface area contributed by atoms with Gasteiger partial charge in [-0.2, -0.15) is 0 Å². The van der Waals surface area contributed by atoms with Crippen molar-refractivity contribution in [1.82, 2.24) is 4.90 Å². The second-order valence-electron chi connectivity index (χ2n) is 6.62. The summed E-state index contributed by atoms with van der Waals surface area (Å²) >= 11 is 1.45. The Morgan fingerprint density at radius 1 is 1.08 bits per heavy atom. The number of amidine groups is 1. The van der Waals surface area contributed by atoms with Crippen LogP contribution >= 0.6 is 11.8 Å². The Kier molecular flexibility index (Phi) is 6.10. The molecule has 1 amide bonds. The minimum absolute atomic E-state index is 0.0249. The van der Waals surface area contributed by atoms with Crippen LogP contribution in [0.15, 0.2) is 34.2 Å². The van der Waals surface area contributed by atoms with E-state index in [-0.39, 0.29) is 24.1 Å². The predicted molar refractivity (Wildman–Crippen MR) is 102 cm³/mol. The Hall–Kier alpha value is -1.75. The first-order chi connectivity index (χ1) is 11.3. The van der Waals surface area contributed by atoms with E-state index in [0.717, 1.165) is 16.5 Å². The molecule has 1 saturated heterocycles. The van der Waals surface area contributed by atoms with Crippen LogP contribution in [0.2, 0.25) is 0 Å². The molecule has 1 aliphatic heterocycles. The largest absolute Gasteiger partial charge is 0.491 e. The van der Waals surface area contributed by atoms with E-state index in [9.17, 15) is 4.79 Å². The van der Waals surface area contributed by atoms with Gasteiger partial charge in [-0.15, -0.1) is 0 Å². The van der Waals surface area contributed by atoms with Gasteiger partial charge in [0.05, 0.1) is 11.0 Å². The van der Waals surface area contributed by atoms with E-state index in [2.05, 4.69) is 4.99 Å². The number of aliphatic imine (C=N–C) groups is 1. The number of rotatable bonds is 5. The van der Waals surface area contributed by atoms with E-state index in [0.29, 0.717) is 4.91 Å². The van der Waals surface area contributed by atoms with Crippen molar-refractivity contribution in [3.05, 3.63) is 34.7 Å². The molecular weight excluding hydrogens is 320 g/mol. The van der Waals surface area contributed by atoms with Crippen molar-refractivity contribution in [3.63, 3.8) is 0 Å². The van der Waals surface area contributed by atoms with E-state index < -0.39 is 0 Å². The van der Waals surface area contributed by atoms with Crippen molar-refractivity contribution in [2.24, 2.45) is 4.99 Å². The highest BCUT2D eigenvalue weighted by atomic mass is 32.2. The monoisotopic (exact) mass is 346 g/mol. The Balaban J connectivity index is 2.25. The first kappa shape index (κ1) is 18.6. The second kappa shape index (κ2) is 7.88. The van der Waals surface area contributed by atoms with Gasteiger partial charge < -0.3 is 4.74 Å². The van der Waals surface area contributed by atoms with E-state index >= 15 is 0 Å². The molecular formula is C19H26N2O2S. The molecule has 0 unspecified atom stereocenters. The van der Waals surface area contributed by atoms with Crippen molar-refractivity contribution >= 4 is 28.9 Å². The lowest BCUT2D eigenvalue weighted by Crippen LogP contribution is -2.35. The molecule has 0 atom stereocenters. The van der Waals surface area contributed by atoms with Crippen molar-refractivity contribution < 1.29 is 9.53 Å². The van der Waals surface area contributed by atoms with Crippen LogP contribution in [-0.4, -0.2) is 34.2 Å². The van der Waals surface area contributed by atoms with Crippen molar-refractivity contribution in [3.8, 4) is 5.75 Å². The standard InChI is InChI=1S/C19H26N2O2S/c1-12(2)20-19-21(13(3)4)18(22)17(24-19)11-15-7-9-16(10-8-15)23-14(5)6/h7-14H,1-6H3/b17-11+,20-19?. The van der Waals surface area contributed by atoms with Crippen LogP contribution in [-0.2, 0) is 4.79 Å². The summed E-state index contributed by atoms with van der Waals surface area (Å²) in [5.41, 5.74) is 0.983. The minimum atomic E-state index is 0.0249. The average Bonchev–Trinajstić information content (AvgIpc) is 2.75. The predicted octanol–water partition coefficient (Wildman–Crippen LogP) is 4.56. The zero-order chi connectivity index (χ0) is 17.9. The zero-order valence-electron chi connectivity index (χ0n) is 15.2. The molecule has 0 bridgehead atoms. The number of carbonyl (C=O) groups is 1. The normalized spacial score (nSPS) is 18.7. The maximum Gasteiger partial charge on any atom is 0.266 e. The van der Waals surface area contributed by atoms with Gasteiger partial charge in [0.25, 0.3) is 5.91 Å². The molecule has 0 spiro atoms. The molecule has 1 heterocycles. The van der Waals surface area contributed by atoms with E-state index in [1.807, 2.05) is 71.9 Å². The molecule has 0 radical (unpaired) electrons. The van der Waals surface area contributed by atoms with E-state index in [1.165, 1.54) is 11.8 Å². The van der Waals surface area contributed by atoms with Crippen molar-refractivity contribution in [2.45, 2.75) is 59.7 Å². The fourth-order valence-electron chi connectivity index (χ4n) is 2.32. The number of amides is 1. The summed E-state index contributed by atoms with van der Waals surface area (Å²) in [6, 6.07) is 8.05. The summed E-state index contributed by atoms with van der Waals surface area (Å²) in [4.78, 5) is 19.8. The Morgan fingerprint density at radius 3 is 2.21 bits per heavy atom. The molecule has 24 heavy (non-hydrogen) atoms. The van der Waals surface area contributed by atoms with Crippen LogP contribution in [0.3, 0.4) is 0 Å². The lowest BCUT2D eigenvalue weighted by molar-refractivity contribution is -0.123. The lowest BCUT2D eigenvalue weighted by atomic mass is 10.2. The fraction of sp³-hybridized carbons (Fsp3) is 0.474. The molecule has 0 aliphatic carbocycles. The third-order valence-electron chi connectivity index (χ3n) is 3.27. The van der Waals surface area contributed by atoms with Gasteiger partial charge in [-0.3, -0.25) is 14.7 Å². The van der Waals surface area contributed by atoms with Gasteiger partial charge in [0.15, 0.2) is 5.17 Å². The second-order valence-corrected chi connectivity index (χ2v) is 7.63. The highest BCUT2D eigenvalue weighted by Gasteiger charge is 2.35. The topological polar surface area (TPSA) is 41.9 Å². The summed E-state index contributed by atoms with van der Waals surface area (Å²) in [6.07, 6.45) is 2.07. The molecule has 1 aromatic rings. The van der Waals surface area contributed by atoms with Gasteiger partial charge >= 0.3 is 0 Å². The molecule has 4 nitrogen and oxygen atoms in total. The van der Waals surface area contributed by atoms with Gasteiger partial charge in [-0.1, -0.05) is 12.1 Å². The molecule has 2 rings (SSSR count). The third-order valence-corrected chi connectivity index (χ3v) is 4.27. The summed E-state index contributed by atoms with van der Waals surface area (Å²) in [7, 11) is 0. The quantitative estimate of drug-likeness (QED) is 0.734. The smallest absolute Gasteiger partial charge is 0.266 e.